The minimum absolute atomic E-state index is 0.146. The first-order chi connectivity index (χ1) is 11.6. The van der Waals surface area contributed by atoms with E-state index in [1.54, 1.807) is 0 Å². The van der Waals surface area contributed by atoms with Gasteiger partial charge in [-0.15, -0.1) is 0 Å². The fraction of sp³-hybridized carbons (Fsp3) is 0.500. The van der Waals surface area contributed by atoms with Gasteiger partial charge in [0.05, 0.1) is 30.5 Å². The first kappa shape index (κ1) is 17.3. The van der Waals surface area contributed by atoms with Crippen LogP contribution in [0.4, 0.5) is 0 Å². The second-order valence-electron chi connectivity index (χ2n) is 6.39. The summed E-state index contributed by atoms with van der Waals surface area (Å²) < 4.78 is 32.8. The highest BCUT2D eigenvalue weighted by atomic mass is 32.2. The van der Waals surface area contributed by atoms with Crippen molar-refractivity contribution in [1.82, 2.24) is 9.71 Å². The summed E-state index contributed by atoms with van der Waals surface area (Å²) in [6.07, 6.45) is 4.15. The van der Waals surface area contributed by atoms with Gasteiger partial charge in [0.15, 0.2) is 0 Å². The molecule has 1 aliphatic heterocycles. The SMILES string of the molecule is CCCCS(=O)(=O)N[C@H]1COC[C@H]1Cc1ccnc2ccccc12. The monoisotopic (exact) mass is 348 g/mol. The molecule has 1 N–H and O–H groups in total. The Hall–Kier alpha value is -1.50. The zero-order valence-electron chi connectivity index (χ0n) is 13.9. The Bertz CT molecular complexity index is 786. The number of hydrogen-bond donors (Lipinski definition) is 1. The molecular weight excluding hydrogens is 324 g/mol. The third-order valence-corrected chi connectivity index (χ3v) is 6.01. The van der Waals surface area contributed by atoms with Crippen molar-refractivity contribution >= 4 is 20.9 Å². The van der Waals surface area contributed by atoms with E-state index in [2.05, 4.69) is 15.8 Å². The fourth-order valence-electron chi connectivity index (χ4n) is 3.17. The van der Waals surface area contributed by atoms with Crippen molar-refractivity contribution in [2.45, 2.75) is 32.2 Å². The van der Waals surface area contributed by atoms with Crippen molar-refractivity contribution in [2.24, 2.45) is 5.92 Å². The Morgan fingerprint density at radius 3 is 2.92 bits per heavy atom. The average Bonchev–Trinajstić information content (AvgIpc) is 2.99. The van der Waals surface area contributed by atoms with Crippen molar-refractivity contribution in [3.05, 3.63) is 42.1 Å². The van der Waals surface area contributed by atoms with Crippen molar-refractivity contribution in [2.75, 3.05) is 19.0 Å². The van der Waals surface area contributed by atoms with Crippen molar-refractivity contribution < 1.29 is 13.2 Å². The molecule has 0 saturated carbocycles. The van der Waals surface area contributed by atoms with Crippen LogP contribution in [-0.4, -0.2) is 38.4 Å². The van der Waals surface area contributed by atoms with E-state index >= 15 is 0 Å². The highest BCUT2D eigenvalue weighted by molar-refractivity contribution is 7.89. The third-order valence-electron chi connectivity index (χ3n) is 4.52. The summed E-state index contributed by atoms with van der Waals surface area (Å²) in [6.45, 7) is 3.02. The number of para-hydroxylation sites is 1. The molecule has 0 aliphatic carbocycles. The number of nitrogens with zero attached hydrogens (tertiary/aromatic N) is 1. The molecule has 2 heterocycles. The topological polar surface area (TPSA) is 68.3 Å². The largest absolute Gasteiger partial charge is 0.379 e. The number of ether oxygens (including phenoxy) is 1. The predicted octanol–water partition coefficient (Wildman–Crippen LogP) is 2.51. The maximum atomic E-state index is 12.2. The second kappa shape index (κ2) is 7.59. The molecule has 0 spiro atoms. The molecule has 2 aromatic rings. The molecule has 1 aromatic heterocycles. The van der Waals surface area contributed by atoms with Crippen molar-refractivity contribution in [1.29, 1.82) is 0 Å². The van der Waals surface area contributed by atoms with Gasteiger partial charge in [0.2, 0.25) is 10.0 Å². The van der Waals surface area contributed by atoms with Crippen LogP contribution in [0.15, 0.2) is 36.5 Å². The number of sulfonamides is 1. The quantitative estimate of drug-likeness (QED) is 0.835. The Labute approximate surface area is 143 Å². The molecule has 0 unspecified atom stereocenters. The van der Waals surface area contributed by atoms with Crippen LogP contribution in [0, 0.1) is 5.92 Å². The van der Waals surface area contributed by atoms with Gasteiger partial charge < -0.3 is 4.74 Å². The van der Waals surface area contributed by atoms with Gasteiger partial charge in [0.25, 0.3) is 0 Å². The van der Waals surface area contributed by atoms with Gasteiger partial charge in [-0.2, -0.15) is 0 Å². The lowest BCUT2D eigenvalue weighted by molar-refractivity contribution is 0.183. The van der Waals surface area contributed by atoms with Crippen LogP contribution in [0.25, 0.3) is 10.9 Å². The van der Waals surface area contributed by atoms with Gasteiger partial charge >= 0.3 is 0 Å². The lowest BCUT2D eigenvalue weighted by atomic mass is 9.93. The number of rotatable bonds is 7. The molecule has 1 fully saturated rings. The zero-order chi connectivity index (χ0) is 17.0. The molecule has 0 radical (unpaired) electrons. The molecule has 0 bridgehead atoms. The lowest BCUT2D eigenvalue weighted by Gasteiger charge is -2.19. The molecule has 0 amide bonds. The fourth-order valence-corrected chi connectivity index (χ4v) is 4.68. The van der Waals surface area contributed by atoms with E-state index in [9.17, 15) is 8.42 Å². The van der Waals surface area contributed by atoms with E-state index in [0.29, 0.717) is 19.6 Å². The Morgan fingerprint density at radius 2 is 2.08 bits per heavy atom. The summed E-state index contributed by atoms with van der Waals surface area (Å²) in [5, 5.41) is 1.12. The number of hydrogen-bond acceptors (Lipinski definition) is 4. The van der Waals surface area contributed by atoms with E-state index in [4.69, 9.17) is 4.74 Å². The van der Waals surface area contributed by atoms with Crippen LogP contribution in [0.5, 0.6) is 0 Å². The Balaban J connectivity index is 1.74. The first-order valence-electron chi connectivity index (χ1n) is 8.49. The summed E-state index contributed by atoms with van der Waals surface area (Å²) in [4.78, 5) is 4.39. The minimum Gasteiger partial charge on any atom is -0.379 e. The van der Waals surface area contributed by atoms with Gasteiger partial charge in [0, 0.05) is 17.5 Å². The zero-order valence-corrected chi connectivity index (χ0v) is 14.8. The first-order valence-corrected chi connectivity index (χ1v) is 10.1. The number of benzene rings is 1. The number of unbranched alkanes of at least 4 members (excludes halogenated alkanes) is 1. The number of aromatic nitrogens is 1. The van der Waals surface area contributed by atoms with Crippen LogP contribution in [0.2, 0.25) is 0 Å². The molecule has 5 nitrogen and oxygen atoms in total. The normalized spacial score (nSPS) is 21.4. The van der Waals surface area contributed by atoms with E-state index < -0.39 is 10.0 Å². The molecule has 2 atom stereocenters. The average molecular weight is 348 g/mol. The molecule has 1 aromatic carbocycles. The van der Waals surface area contributed by atoms with Gasteiger partial charge in [-0.25, -0.2) is 13.1 Å². The van der Waals surface area contributed by atoms with Crippen LogP contribution in [0.1, 0.15) is 25.3 Å². The standard InChI is InChI=1S/C18H24N2O3S/c1-2-3-10-24(21,22)20-18-13-23-12-15(18)11-14-8-9-19-17-7-5-4-6-16(14)17/h4-9,15,18,20H,2-3,10-13H2,1H3/t15-,18+/m1/s1. The smallest absolute Gasteiger partial charge is 0.211 e. The van der Waals surface area contributed by atoms with Crippen molar-refractivity contribution in [3.63, 3.8) is 0 Å². The summed E-state index contributed by atoms with van der Waals surface area (Å²) in [5.41, 5.74) is 2.16. The van der Waals surface area contributed by atoms with Crippen LogP contribution in [0.3, 0.4) is 0 Å². The Morgan fingerprint density at radius 1 is 1.25 bits per heavy atom. The maximum Gasteiger partial charge on any atom is 0.211 e. The van der Waals surface area contributed by atoms with E-state index in [-0.39, 0.29) is 17.7 Å². The van der Waals surface area contributed by atoms with E-state index in [0.717, 1.165) is 23.7 Å². The van der Waals surface area contributed by atoms with Gasteiger partial charge in [0.1, 0.15) is 0 Å². The summed E-state index contributed by atoms with van der Waals surface area (Å²) in [7, 11) is -3.24. The Kier molecular flexibility index (Phi) is 5.48. The molecule has 130 valence electrons. The highest BCUT2D eigenvalue weighted by Gasteiger charge is 2.31. The molecule has 6 heteroatoms. The number of pyridine rings is 1. The molecular formula is C18H24N2O3S. The number of nitrogens with one attached hydrogen (secondary N) is 1. The van der Waals surface area contributed by atoms with E-state index in [1.165, 1.54) is 5.56 Å². The van der Waals surface area contributed by atoms with Gasteiger partial charge in [-0.1, -0.05) is 31.5 Å². The van der Waals surface area contributed by atoms with Crippen molar-refractivity contribution in [3.8, 4) is 0 Å². The lowest BCUT2D eigenvalue weighted by Crippen LogP contribution is -2.41. The van der Waals surface area contributed by atoms with Gasteiger partial charge in [-0.05, 0) is 30.5 Å². The molecule has 24 heavy (non-hydrogen) atoms. The third kappa shape index (κ3) is 4.12. The van der Waals surface area contributed by atoms with E-state index in [1.807, 2.05) is 37.4 Å². The maximum absolute atomic E-state index is 12.2. The number of fused-ring (bicyclic) bond motifs is 1. The highest BCUT2D eigenvalue weighted by Crippen LogP contribution is 2.24. The minimum atomic E-state index is -3.24. The molecule has 1 aliphatic rings. The second-order valence-corrected chi connectivity index (χ2v) is 8.26. The van der Waals surface area contributed by atoms with Crippen LogP contribution >= 0.6 is 0 Å². The van der Waals surface area contributed by atoms with Gasteiger partial charge in [-0.3, -0.25) is 4.98 Å². The predicted molar refractivity (Wildman–Crippen MR) is 95.4 cm³/mol. The van der Waals surface area contributed by atoms with Crippen LogP contribution < -0.4 is 4.72 Å². The molecule has 3 rings (SSSR count). The molecule has 1 saturated heterocycles. The summed E-state index contributed by atoms with van der Waals surface area (Å²) in [6, 6.07) is 9.90. The van der Waals surface area contributed by atoms with Crippen LogP contribution in [-0.2, 0) is 21.2 Å². The summed E-state index contributed by atoms with van der Waals surface area (Å²) in [5.74, 6) is 0.331. The summed E-state index contributed by atoms with van der Waals surface area (Å²) >= 11 is 0.